The predicted octanol–water partition coefficient (Wildman–Crippen LogP) is 3.16. The number of hydrogen-bond donors (Lipinski definition) is 0. The van der Waals surface area contributed by atoms with Gasteiger partial charge in [0.2, 0.25) is 5.91 Å². The average Bonchev–Trinajstić information content (AvgIpc) is 3.47. The summed E-state index contributed by atoms with van der Waals surface area (Å²) in [7, 11) is -7.81. The number of carbonyl (C=O) groups is 3. The van der Waals surface area contributed by atoms with Crippen molar-refractivity contribution < 1.29 is 49.9 Å². The smallest absolute Gasteiger partial charge is 0.355 e. The molecule has 6 rings (SSSR count). The van der Waals surface area contributed by atoms with Crippen LogP contribution in [0.3, 0.4) is 0 Å². The molecule has 13 nitrogen and oxygen atoms in total. The molecule has 48 heavy (non-hydrogen) atoms. The molecule has 3 aliphatic heterocycles. The van der Waals surface area contributed by atoms with Gasteiger partial charge < -0.3 is 9.64 Å². The minimum Gasteiger partial charge on any atom is -0.457 e. The molecule has 4 unspecified atom stereocenters. The van der Waals surface area contributed by atoms with Crippen LogP contribution in [-0.2, 0) is 59.6 Å². The van der Waals surface area contributed by atoms with Gasteiger partial charge in [0.1, 0.15) is 18.9 Å². The van der Waals surface area contributed by atoms with Crippen LogP contribution in [0.5, 0.6) is 0 Å². The van der Waals surface area contributed by atoms with E-state index in [2.05, 4.69) is 13.2 Å². The normalized spacial score (nSPS) is 24.5. The Morgan fingerprint density at radius 2 is 1.85 bits per heavy atom. The van der Waals surface area contributed by atoms with Crippen LogP contribution in [0.15, 0.2) is 71.8 Å². The molecule has 1 saturated carbocycles. The lowest BCUT2D eigenvalue weighted by atomic mass is 9.69. The fraction of sp³-hybridized carbons (Fsp3) is 0.424. The van der Waals surface area contributed by atoms with Gasteiger partial charge in [0.25, 0.3) is 20.1 Å². The Morgan fingerprint density at radius 3 is 2.56 bits per heavy atom. The minimum atomic E-state index is -4.15. The van der Waals surface area contributed by atoms with Crippen molar-refractivity contribution >= 4 is 54.4 Å². The van der Waals surface area contributed by atoms with Crippen LogP contribution in [0.25, 0.3) is 10.8 Å². The van der Waals surface area contributed by atoms with Crippen LogP contribution < -0.4 is 4.31 Å². The predicted molar refractivity (Wildman–Crippen MR) is 173 cm³/mol. The topological polar surface area (TPSA) is 163 Å². The highest BCUT2D eigenvalue weighted by atomic mass is 32.2. The number of nitrogens with zero attached hydrogens (tertiary/aromatic N) is 2. The van der Waals surface area contributed by atoms with Crippen LogP contribution >= 0.6 is 0 Å². The number of β-lactam (4-membered cyclic amide) rings is 1. The quantitative estimate of drug-likeness (QED) is 0.0574. The molecule has 256 valence electrons. The lowest BCUT2D eigenvalue weighted by molar-refractivity contribution is -0.271. The molecule has 0 N–H and O–H groups in total. The van der Waals surface area contributed by atoms with Gasteiger partial charge >= 0.3 is 11.9 Å². The number of carbonyl (C=O) groups excluding carboxylic acids is 3. The lowest BCUT2D eigenvalue weighted by Gasteiger charge is -2.48. The first-order chi connectivity index (χ1) is 22.8. The molecule has 1 saturated heterocycles. The van der Waals surface area contributed by atoms with Crippen molar-refractivity contribution in [2.75, 3.05) is 30.4 Å². The molecule has 1 amide bonds. The molecule has 1 aliphatic carbocycles. The van der Waals surface area contributed by atoms with E-state index in [1.165, 1.54) is 27.4 Å². The molecule has 0 radical (unpaired) electrons. The third-order valence-corrected chi connectivity index (χ3v) is 11.9. The number of benzene rings is 2. The first-order valence-corrected chi connectivity index (χ1v) is 18.8. The zero-order chi connectivity index (χ0) is 34.5. The van der Waals surface area contributed by atoms with Gasteiger partial charge in [0, 0.05) is 11.3 Å². The highest BCUT2D eigenvalue weighted by Gasteiger charge is 2.64. The van der Waals surface area contributed by atoms with E-state index in [0.29, 0.717) is 46.9 Å². The SMILES string of the molecule is C=CCOOC(=O)C(C)C1C(=O)N2C(C(=O)OCC=C)=C3C(N4c5cccc6c(CCOS(C)(=O)=O)ccc(c56)S4(=O)=O)CCC[C@@H]3C12. The molecule has 2 aromatic carbocycles. The number of hydrogen-bond acceptors (Lipinski definition) is 11. The van der Waals surface area contributed by atoms with Gasteiger partial charge in [-0.05, 0) is 47.9 Å². The summed E-state index contributed by atoms with van der Waals surface area (Å²) in [5.74, 6) is -4.15. The maximum absolute atomic E-state index is 14.4. The summed E-state index contributed by atoms with van der Waals surface area (Å²) in [6, 6.07) is 6.95. The van der Waals surface area contributed by atoms with Crippen molar-refractivity contribution in [3.05, 3.63) is 72.5 Å². The maximum atomic E-state index is 14.4. The van der Waals surface area contributed by atoms with Gasteiger partial charge in [0.15, 0.2) is 0 Å². The second kappa shape index (κ2) is 12.8. The van der Waals surface area contributed by atoms with Gasteiger partial charge in [-0.15, -0.1) is 6.58 Å². The fourth-order valence-electron chi connectivity index (χ4n) is 7.58. The Kier molecular flexibility index (Phi) is 9.00. The third kappa shape index (κ3) is 5.51. The summed E-state index contributed by atoms with van der Waals surface area (Å²) in [5.41, 5.74) is 1.61. The summed E-state index contributed by atoms with van der Waals surface area (Å²) < 4.78 is 63.6. The Morgan fingerprint density at radius 1 is 1.10 bits per heavy atom. The first-order valence-electron chi connectivity index (χ1n) is 15.6. The second-order valence-corrected chi connectivity index (χ2v) is 15.7. The third-order valence-electron chi connectivity index (χ3n) is 9.43. The number of rotatable bonds is 13. The maximum Gasteiger partial charge on any atom is 0.355 e. The molecule has 2 fully saturated rings. The van der Waals surface area contributed by atoms with E-state index in [0.717, 1.165) is 6.26 Å². The van der Waals surface area contributed by atoms with Crippen molar-refractivity contribution in [1.82, 2.24) is 4.90 Å². The van der Waals surface area contributed by atoms with Crippen molar-refractivity contribution in [3.8, 4) is 0 Å². The molecular weight excluding hydrogens is 665 g/mol. The van der Waals surface area contributed by atoms with E-state index in [1.54, 1.807) is 31.2 Å². The fourth-order valence-corrected chi connectivity index (χ4v) is 9.86. The largest absolute Gasteiger partial charge is 0.457 e. The molecule has 0 bridgehead atoms. The number of esters is 1. The van der Waals surface area contributed by atoms with E-state index in [9.17, 15) is 31.2 Å². The van der Waals surface area contributed by atoms with Gasteiger partial charge in [0.05, 0.1) is 47.4 Å². The minimum absolute atomic E-state index is 0.00165. The molecule has 2 aromatic rings. The Hall–Kier alpha value is -4.05. The van der Waals surface area contributed by atoms with Crippen LogP contribution in [0.2, 0.25) is 0 Å². The highest BCUT2D eigenvalue weighted by molar-refractivity contribution is 7.93. The summed E-state index contributed by atoms with van der Waals surface area (Å²) in [6.45, 7) is 8.41. The van der Waals surface area contributed by atoms with Crippen LogP contribution in [-0.4, -0.2) is 77.7 Å². The summed E-state index contributed by atoms with van der Waals surface area (Å²) in [4.78, 5) is 51.4. The van der Waals surface area contributed by atoms with E-state index in [-0.39, 0.29) is 36.8 Å². The average molecular weight is 701 g/mol. The number of amides is 1. The van der Waals surface area contributed by atoms with E-state index >= 15 is 0 Å². The van der Waals surface area contributed by atoms with Crippen LogP contribution in [0.4, 0.5) is 5.69 Å². The number of fused-ring (bicyclic) bond motifs is 3. The zero-order valence-electron chi connectivity index (χ0n) is 26.5. The van der Waals surface area contributed by atoms with Crippen LogP contribution in [0.1, 0.15) is 31.7 Å². The molecule has 4 aliphatic rings. The number of ether oxygens (including phenoxy) is 1. The zero-order valence-corrected chi connectivity index (χ0v) is 28.1. The van der Waals surface area contributed by atoms with Gasteiger partial charge in [-0.3, -0.25) is 18.2 Å². The first kappa shape index (κ1) is 33.8. The standard InChI is InChI=1S/C33H36N2O11S2/c1-5-16-43-33(38)30-28-22(29-26(31(36)34(29)30)19(3)32(37)46-44-17-6-2)10-8-12-24(28)35-23-11-7-9-21-20(15-18-45-47(4,39)40)13-14-25(27(21)23)48(35,41)42/h5-7,9,11,13-14,19,22,24,26,29H,1-2,8,10,12,15-18H2,3-4H3/t19?,22-,24?,26?,29?/m0/s1. The summed E-state index contributed by atoms with van der Waals surface area (Å²) in [6.07, 6.45) is 5.51. The number of anilines is 1. The Balaban J connectivity index is 1.41. The van der Waals surface area contributed by atoms with Crippen molar-refractivity contribution in [2.24, 2.45) is 17.8 Å². The van der Waals surface area contributed by atoms with Crippen molar-refractivity contribution in [1.29, 1.82) is 0 Å². The van der Waals surface area contributed by atoms with Gasteiger partial charge in [-0.2, -0.15) is 13.3 Å². The summed E-state index contributed by atoms with van der Waals surface area (Å²) >= 11 is 0. The van der Waals surface area contributed by atoms with Gasteiger partial charge in [-0.1, -0.05) is 50.3 Å². The lowest BCUT2D eigenvalue weighted by Crippen LogP contribution is -2.63. The second-order valence-electron chi connectivity index (χ2n) is 12.2. The Labute approximate surface area is 278 Å². The molecule has 0 spiro atoms. The summed E-state index contributed by atoms with van der Waals surface area (Å²) in [5, 5.41) is 1.12. The van der Waals surface area contributed by atoms with Crippen molar-refractivity contribution in [2.45, 2.75) is 49.6 Å². The highest BCUT2D eigenvalue weighted by Crippen LogP contribution is 2.56. The monoisotopic (exact) mass is 700 g/mol. The molecule has 0 aromatic heterocycles. The van der Waals surface area contributed by atoms with E-state index < -0.39 is 67.8 Å². The van der Waals surface area contributed by atoms with Crippen molar-refractivity contribution in [3.63, 3.8) is 0 Å². The molecule has 3 heterocycles. The van der Waals surface area contributed by atoms with Crippen LogP contribution in [0, 0.1) is 17.8 Å². The molecular formula is C33H36N2O11S2. The van der Waals surface area contributed by atoms with E-state index in [4.69, 9.17) is 18.7 Å². The molecule has 15 heteroatoms. The van der Waals surface area contributed by atoms with Gasteiger partial charge in [-0.25, -0.2) is 18.0 Å². The molecule has 5 atom stereocenters. The van der Waals surface area contributed by atoms with E-state index in [1.807, 2.05) is 0 Å². The number of sulfonamides is 1. The Bertz CT molecular complexity index is 1970.